The summed E-state index contributed by atoms with van der Waals surface area (Å²) >= 11 is 0. The van der Waals surface area contributed by atoms with Crippen molar-refractivity contribution in [3.63, 3.8) is 0 Å². The van der Waals surface area contributed by atoms with E-state index in [1.165, 1.54) is 34.4 Å². The molecular formula is C22H22I2N2. The number of hydrogen-bond donors (Lipinski definition) is 0. The summed E-state index contributed by atoms with van der Waals surface area (Å²) in [7, 11) is 0. The van der Waals surface area contributed by atoms with Crippen molar-refractivity contribution in [3.8, 4) is 0 Å². The van der Waals surface area contributed by atoms with E-state index in [-0.39, 0.29) is 48.0 Å². The number of aryl methyl sites for hydroxylation is 2. The van der Waals surface area contributed by atoms with Gasteiger partial charge in [-0.05, 0) is 22.9 Å². The van der Waals surface area contributed by atoms with Crippen LogP contribution in [0.3, 0.4) is 0 Å². The van der Waals surface area contributed by atoms with E-state index in [1.54, 1.807) is 0 Å². The van der Waals surface area contributed by atoms with Crippen LogP contribution in [-0.4, -0.2) is 0 Å². The highest BCUT2D eigenvalue weighted by Crippen LogP contribution is 2.10. The van der Waals surface area contributed by atoms with Gasteiger partial charge in [-0.15, -0.1) is 0 Å². The van der Waals surface area contributed by atoms with Crippen LogP contribution in [0.25, 0.3) is 21.5 Å². The number of fused-ring (bicyclic) bond motifs is 2. The van der Waals surface area contributed by atoms with Crippen molar-refractivity contribution in [2.75, 3.05) is 0 Å². The zero-order chi connectivity index (χ0) is 16.2. The van der Waals surface area contributed by atoms with Gasteiger partial charge in [0.25, 0.3) is 0 Å². The molecule has 0 aliphatic carbocycles. The van der Waals surface area contributed by atoms with Crippen LogP contribution < -0.4 is 57.1 Å². The molecule has 4 heteroatoms. The Morgan fingerprint density at radius 3 is 1.31 bits per heavy atom. The van der Waals surface area contributed by atoms with Gasteiger partial charge in [0.2, 0.25) is 0 Å². The van der Waals surface area contributed by atoms with Crippen LogP contribution in [0.1, 0.15) is 12.8 Å². The monoisotopic (exact) mass is 568 g/mol. The van der Waals surface area contributed by atoms with Gasteiger partial charge in [-0.25, -0.2) is 9.13 Å². The van der Waals surface area contributed by atoms with Gasteiger partial charge in [0.1, 0.15) is 13.1 Å². The number of aromatic nitrogens is 2. The van der Waals surface area contributed by atoms with Crippen molar-refractivity contribution in [2.24, 2.45) is 0 Å². The average Bonchev–Trinajstić information content (AvgIpc) is 2.65. The molecule has 2 aromatic heterocycles. The number of nitrogens with zero attached hydrogens (tertiary/aromatic N) is 2. The van der Waals surface area contributed by atoms with Crippen molar-refractivity contribution in [1.82, 2.24) is 0 Å². The molecule has 0 amide bonds. The van der Waals surface area contributed by atoms with Crippen LogP contribution in [0.2, 0.25) is 0 Å². The molecule has 4 aromatic rings. The minimum absolute atomic E-state index is 0. The molecule has 0 saturated heterocycles. The Morgan fingerprint density at radius 1 is 0.500 bits per heavy atom. The zero-order valence-corrected chi connectivity index (χ0v) is 18.9. The Morgan fingerprint density at radius 2 is 0.885 bits per heavy atom. The Kier molecular flexibility index (Phi) is 8.21. The number of halogens is 2. The summed E-state index contributed by atoms with van der Waals surface area (Å²) in [6, 6.07) is 21.5. The lowest BCUT2D eigenvalue weighted by Gasteiger charge is -2.00. The van der Waals surface area contributed by atoms with Crippen molar-refractivity contribution < 1.29 is 57.1 Å². The lowest BCUT2D eigenvalue weighted by atomic mass is 10.2. The van der Waals surface area contributed by atoms with Gasteiger partial charge in [-0.2, -0.15) is 0 Å². The standard InChI is InChI=1S/C22H22N2.2HI/c1-3-9-21-17-23(15-11-19(21)7-1)13-5-6-14-24-16-12-20-8-2-4-10-22(20)18-24;;/h1-4,7-12,15-18H,5-6,13-14H2;2*1H/q+2;;/p-2. The molecule has 0 unspecified atom stereocenters. The topological polar surface area (TPSA) is 7.76 Å². The smallest absolute Gasteiger partial charge is 0.176 e. The first-order chi connectivity index (χ1) is 11.9. The van der Waals surface area contributed by atoms with Crippen LogP contribution >= 0.6 is 0 Å². The number of pyridine rings is 2. The maximum absolute atomic E-state index is 2.30. The average molecular weight is 568 g/mol. The second-order valence-electron chi connectivity index (χ2n) is 6.33. The molecule has 0 saturated carbocycles. The van der Waals surface area contributed by atoms with Crippen LogP contribution in [0.5, 0.6) is 0 Å². The predicted molar refractivity (Wildman–Crippen MR) is 97.5 cm³/mol. The third kappa shape index (κ3) is 5.13. The lowest BCUT2D eigenvalue weighted by Crippen LogP contribution is -3.00. The van der Waals surface area contributed by atoms with Crippen molar-refractivity contribution in [1.29, 1.82) is 0 Å². The molecule has 0 bridgehead atoms. The second kappa shape index (κ2) is 10.2. The molecule has 2 aromatic carbocycles. The van der Waals surface area contributed by atoms with Crippen LogP contribution in [0.15, 0.2) is 85.5 Å². The molecule has 0 fully saturated rings. The summed E-state index contributed by atoms with van der Waals surface area (Å²) in [5.74, 6) is 0. The van der Waals surface area contributed by atoms with Crippen molar-refractivity contribution >= 4 is 21.5 Å². The van der Waals surface area contributed by atoms with E-state index in [4.69, 9.17) is 0 Å². The highest BCUT2D eigenvalue weighted by Gasteiger charge is 2.06. The summed E-state index contributed by atoms with van der Waals surface area (Å²) in [6.45, 7) is 2.14. The van der Waals surface area contributed by atoms with Gasteiger partial charge in [-0.3, -0.25) is 0 Å². The molecule has 0 N–H and O–H groups in total. The molecule has 2 nitrogen and oxygen atoms in total. The summed E-state index contributed by atoms with van der Waals surface area (Å²) in [5, 5.41) is 5.23. The largest absolute Gasteiger partial charge is 1.00 e. The minimum Gasteiger partial charge on any atom is -1.00 e. The van der Waals surface area contributed by atoms with Gasteiger partial charge < -0.3 is 48.0 Å². The molecule has 4 rings (SSSR count). The number of rotatable bonds is 5. The lowest BCUT2D eigenvalue weighted by molar-refractivity contribution is -0.706. The van der Waals surface area contributed by atoms with Crippen LogP contribution in [0.4, 0.5) is 0 Å². The van der Waals surface area contributed by atoms with Gasteiger partial charge in [0.05, 0.1) is 0 Å². The van der Waals surface area contributed by atoms with E-state index in [1.807, 2.05) is 0 Å². The summed E-state index contributed by atoms with van der Waals surface area (Å²) in [4.78, 5) is 0. The van der Waals surface area contributed by atoms with E-state index in [0.29, 0.717) is 0 Å². The van der Waals surface area contributed by atoms with E-state index >= 15 is 0 Å². The first kappa shape index (κ1) is 21.0. The van der Waals surface area contributed by atoms with Crippen molar-refractivity contribution in [2.45, 2.75) is 25.9 Å². The first-order valence-electron chi connectivity index (χ1n) is 8.64. The van der Waals surface area contributed by atoms with E-state index in [0.717, 1.165) is 13.1 Å². The fourth-order valence-electron chi connectivity index (χ4n) is 3.22. The highest BCUT2D eigenvalue weighted by molar-refractivity contribution is 5.80. The minimum atomic E-state index is 0. The fourth-order valence-corrected chi connectivity index (χ4v) is 3.22. The van der Waals surface area contributed by atoms with E-state index in [9.17, 15) is 0 Å². The number of hydrogen-bond acceptors (Lipinski definition) is 0. The molecule has 0 aliphatic rings. The fraction of sp³-hybridized carbons (Fsp3) is 0.182. The van der Waals surface area contributed by atoms with Gasteiger partial charge >= 0.3 is 0 Å². The summed E-state index contributed by atoms with van der Waals surface area (Å²) in [6.07, 6.45) is 11.2. The van der Waals surface area contributed by atoms with E-state index < -0.39 is 0 Å². The molecule has 0 atom stereocenters. The van der Waals surface area contributed by atoms with Crippen LogP contribution in [0, 0.1) is 0 Å². The Bertz CT molecular complexity index is 904. The third-order valence-electron chi connectivity index (χ3n) is 4.58. The Balaban J connectivity index is 0.00000121. The third-order valence-corrected chi connectivity index (χ3v) is 4.58. The molecule has 0 radical (unpaired) electrons. The Labute approximate surface area is 188 Å². The quantitative estimate of drug-likeness (QED) is 0.151. The second-order valence-corrected chi connectivity index (χ2v) is 6.33. The molecule has 26 heavy (non-hydrogen) atoms. The maximum Gasteiger partial charge on any atom is 0.176 e. The SMILES string of the molecule is [I-].[I-].c1ccc2c[n+](CCCC[n+]3ccc4ccccc4c3)ccc2c1. The van der Waals surface area contributed by atoms with Gasteiger partial charge in [0, 0.05) is 35.7 Å². The molecule has 2 heterocycles. The molecule has 0 aliphatic heterocycles. The predicted octanol–water partition coefficient (Wildman–Crippen LogP) is -1.94. The van der Waals surface area contributed by atoms with Crippen molar-refractivity contribution in [3.05, 3.63) is 85.5 Å². The molecule has 134 valence electrons. The zero-order valence-electron chi connectivity index (χ0n) is 14.6. The number of benzene rings is 2. The number of unbranched alkanes of at least 4 members (excludes halogenated alkanes) is 1. The molecular weight excluding hydrogens is 546 g/mol. The maximum atomic E-state index is 2.30. The van der Waals surface area contributed by atoms with Crippen LogP contribution in [-0.2, 0) is 13.1 Å². The summed E-state index contributed by atoms with van der Waals surface area (Å²) in [5.41, 5.74) is 0. The highest BCUT2D eigenvalue weighted by atomic mass is 127. The summed E-state index contributed by atoms with van der Waals surface area (Å²) < 4.78 is 4.60. The normalized spacial score (nSPS) is 10.3. The first-order valence-corrected chi connectivity index (χ1v) is 8.64. The van der Waals surface area contributed by atoms with Gasteiger partial charge in [0.15, 0.2) is 24.8 Å². The molecule has 0 spiro atoms. The van der Waals surface area contributed by atoms with E-state index in [2.05, 4.69) is 94.6 Å². The Hall–Kier alpha value is -1.28. The van der Waals surface area contributed by atoms with Gasteiger partial charge in [-0.1, -0.05) is 36.4 Å².